The summed E-state index contributed by atoms with van der Waals surface area (Å²) in [7, 11) is 1.48. The van der Waals surface area contributed by atoms with Crippen molar-refractivity contribution < 1.29 is 19.5 Å². The van der Waals surface area contributed by atoms with E-state index in [0.29, 0.717) is 0 Å². The third-order valence-electron chi connectivity index (χ3n) is 1.99. The van der Waals surface area contributed by atoms with E-state index < -0.39 is 17.7 Å². The lowest BCUT2D eigenvalue weighted by Gasteiger charge is -2.04. The van der Waals surface area contributed by atoms with E-state index in [-0.39, 0.29) is 17.1 Å². The normalized spacial score (nSPS) is 9.94. The summed E-state index contributed by atoms with van der Waals surface area (Å²) >= 11 is 0. The van der Waals surface area contributed by atoms with Gasteiger partial charge in [0, 0.05) is 14.0 Å². The molecule has 86 valence electrons. The Balaban J connectivity index is 3.17. The molecule has 0 aliphatic rings. The predicted octanol–water partition coefficient (Wildman–Crippen LogP) is -0.0458. The maximum absolute atomic E-state index is 11.2. The molecular weight excluding hydrogens is 214 g/mol. The number of anilines is 1. The zero-order valence-corrected chi connectivity index (χ0v) is 9.07. The summed E-state index contributed by atoms with van der Waals surface area (Å²) in [5.74, 6) is -2.77. The highest BCUT2D eigenvalue weighted by molar-refractivity contribution is 6.39. The number of carbonyl (C=O) groups is 3. The fourth-order valence-corrected chi connectivity index (χ4v) is 1.25. The van der Waals surface area contributed by atoms with E-state index in [2.05, 4.69) is 10.4 Å². The van der Waals surface area contributed by atoms with Crippen molar-refractivity contribution in [3.05, 3.63) is 11.3 Å². The summed E-state index contributed by atoms with van der Waals surface area (Å²) in [6.45, 7) is 2.60. The number of nitrogens with one attached hydrogen (secondary N) is 1. The molecule has 0 unspecified atom stereocenters. The van der Waals surface area contributed by atoms with Crippen LogP contribution in [0, 0.1) is 6.92 Å². The molecule has 0 radical (unpaired) electrons. The second kappa shape index (κ2) is 4.13. The lowest BCUT2D eigenvalue weighted by Crippen LogP contribution is -2.22. The van der Waals surface area contributed by atoms with Crippen molar-refractivity contribution in [2.75, 3.05) is 5.32 Å². The van der Waals surface area contributed by atoms with Gasteiger partial charge in [0.05, 0.1) is 5.69 Å². The van der Waals surface area contributed by atoms with E-state index in [1.165, 1.54) is 18.7 Å². The molecule has 1 heterocycles. The monoisotopic (exact) mass is 225 g/mol. The molecule has 0 aromatic carbocycles. The van der Waals surface area contributed by atoms with Crippen LogP contribution in [0.15, 0.2) is 0 Å². The SMILES string of the molecule is CC(=O)C(=O)Nc1c(C(=O)O)c(C)nn1C. The molecule has 0 saturated carbocycles. The molecule has 1 amide bonds. The van der Waals surface area contributed by atoms with Gasteiger partial charge in [-0.15, -0.1) is 0 Å². The largest absolute Gasteiger partial charge is 0.477 e. The highest BCUT2D eigenvalue weighted by Crippen LogP contribution is 2.18. The quantitative estimate of drug-likeness (QED) is 0.702. The fraction of sp³-hybridized carbons (Fsp3) is 0.333. The average molecular weight is 225 g/mol. The van der Waals surface area contributed by atoms with Gasteiger partial charge in [0.25, 0.3) is 5.91 Å². The number of nitrogens with zero attached hydrogens (tertiary/aromatic N) is 2. The highest BCUT2D eigenvalue weighted by Gasteiger charge is 2.22. The topological polar surface area (TPSA) is 101 Å². The van der Waals surface area contributed by atoms with E-state index in [4.69, 9.17) is 5.11 Å². The second-order valence-corrected chi connectivity index (χ2v) is 3.25. The molecule has 7 nitrogen and oxygen atoms in total. The van der Waals surface area contributed by atoms with E-state index in [9.17, 15) is 14.4 Å². The van der Waals surface area contributed by atoms with Gasteiger partial charge in [-0.25, -0.2) is 4.79 Å². The van der Waals surface area contributed by atoms with E-state index >= 15 is 0 Å². The van der Waals surface area contributed by atoms with Crippen molar-refractivity contribution in [3.8, 4) is 0 Å². The van der Waals surface area contributed by atoms with Gasteiger partial charge in [-0.1, -0.05) is 0 Å². The van der Waals surface area contributed by atoms with Crippen LogP contribution in [0.25, 0.3) is 0 Å². The summed E-state index contributed by atoms with van der Waals surface area (Å²) in [6.07, 6.45) is 0. The molecule has 0 aliphatic heterocycles. The Morgan fingerprint density at radius 3 is 2.38 bits per heavy atom. The Bertz CT molecular complexity index is 475. The molecule has 1 aromatic rings. The predicted molar refractivity (Wildman–Crippen MR) is 54.2 cm³/mol. The third kappa shape index (κ3) is 2.08. The number of carboxylic acid groups (broad SMARTS) is 1. The molecule has 1 aromatic heterocycles. The van der Waals surface area contributed by atoms with E-state index in [1.54, 1.807) is 0 Å². The lowest BCUT2D eigenvalue weighted by atomic mass is 10.2. The fourth-order valence-electron chi connectivity index (χ4n) is 1.25. The summed E-state index contributed by atoms with van der Waals surface area (Å²) in [6, 6.07) is 0. The van der Waals surface area contributed by atoms with Gasteiger partial charge in [0.2, 0.25) is 5.78 Å². The molecule has 16 heavy (non-hydrogen) atoms. The maximum Gasteiger partial charge on any atom is 0.341 e. The van der Waals surface area contributed by atoms with Crippen molar-refractivity contribution in [3.63, 3.8) is 0 Å². The molecule has 0 spiro atoms. The molecule has 0 fully saturated rings. The number of aromatic carboxylic acids is 1. The molecule has 0 saturated heterocycles. The van der Waals surface area contributed by atoms with Crippen LogP contribution in [0.1, 0.15) is 23.0 Å². The first-order valence-corrected chi connectivity index (χ1v) is 4.43. The van der Waals surface area contributed by atoms with Gasteiger partial charge in [-0.3, -0.25) is 14.3 Å². The summed E-state index contributed by atoms with van der Waals surface area (Å²) in [5, 5.41) is 15.0. The molecule has 0 bridgehead atoms. The number of aromatic nitrogens is 2. The summed E-state index contributed by atoms with van der Waals surface area (Å²) in [5.41, 5.74) is 0.158. The van der Waals surface area contributed by atoms with Crippen LogP contribution in [-0.2, 0) is 16.6 Å². The number of hydrogen-bond donors (Lipinski definition) is 2. The van der Waals surface area contributed by atoms with E-state index in [1.807, 2.05) is 0 Å². The van der Waals surface area contributed by atoms with E-state index in [0.717, 1.165) is 6.92 Å². The van der Waals surface area contributed by atoms with Gasteiger partial charge in [-0.05, 0) is 6.92 Å². The number of aryl methyl sites for hydroxylation is 2. The van der Waals surface area contributed by atoms with Gasteiger partial charge in [-0.2, -0.15) is 5.10 Å². The number of amides is 1. The summed E-state index contributed by atoms with van der Waals surface area (Å²) in [4.78, 5) is 32.8. The Hall–Kier alpha value is -2.18. The molecule has 7 heteroatoms. The average Bonchev–Trinajstić information content (AvgIpc) is 2.41. The minimum Gasteiger partial charge on any atom is -0.477 e. The third-order valence-corrected chi connectivity index (χ3v) is 1.99. The molecule has 0 aliphatic carbocycles. The van der Waals surface area contributed by atoms with Crippen molar-refractivity contribution in [1.82, 2.24) is 9.78 Å². The summed E-state index contributed by atoms with van der Waals surface area (Å²) < 4.78 is 1.21. The Morgan fingerprint density at radius 2 is 1.94 bits per heavy atom. The standard InChI is InChI=1S/C9H11N3O4/c1-4-6(9(15)16)7(12(3)11-4)10-8(14)5(2)13/h1-3H3,(H,10,14)(H,15,16). The number of ketones is 1. The smallest absolute Gasteiger partial charge is 0.341 e. The second-order valence-electron chi connectivity index (χ2n) is 3.25. The maximum atomic E-state index is 11.2. The minimum absolute atomic E-state index is 0.00481. The van der Waals surface area contributed by atoms with Crippen LogP contribution in [-0.4, -0.2) is 32.5 Å². The zero-order valence-electron chi connectivity index (χ0n) is 9.07. The Morgan fingerprint density at radius 1 is 1.38 bits per heavy atom. The van der Waals surface area contributed by atoms with Gasteiger partial charge in [0.15, 0.2) is 0 Å². The van der Waals surface area contributed by atoms with Crippen LogP contribution >= 0.6 is 0 Å². The van der Waals surface area contributed by atoms with Crippen molar-refractivity contribution in [1.29, 1.82) is 0 Å². The van der Waals surface area contributed by atoms with Crippen molar-refractivity contribution >= 4 is 23.5 Å². The van der Waals surface area contributed by atoms with Crippen LogP contribution in [0.4, 0.5) is 5.82 Å². The number of carboxylic acids is 1. The lowest BCUT2D eigenvalue weighted by molar-refractivity contribution is -0.133. The number of Topliss-reactive ketones (excluding diaryl/α,β-unsaturated/α-hetero) is 1. The first-order valence-electron chi connectivity index (χ1n) is 4.43. The van der Waals surface area contributed by atoms with Gasteiger partial charge in [0.1, 0.15) is 11.4 Å². The highest BCUT2D eigenvalue weighted by atomic mass is 16.4. The van der Waals surface area contributed by atoms with Gasteiger partial charge < -0.3 is 10.4 Å². The van der Waals surface area contributed by atoms with Crippen LogP contribution in [0.5, 0.6) is 0 Å². The van der Waals surface area contributed by atoms with Crippen LogP contribution in [0.3, 0.4) is 0 Å². The molecule has 1 rings (SSSR count). The van der Waals surface area contributed by atoms with Crippen LogP contribution in [0.2, 0.25) is 0 Å². The Labute approximate surface area is 91.1 Å². The first kappa shape index (κ1) is 11.9. The molecular formula is C9H11N3O4. The first-order chi connectivity index (χ1) is 7.34. The van der Waals surface area contributed by atoms with Crippen molar-refractivity contribution in [2.24, 2.45) is 7.05 Å². The van der Waals surface area contributed by atoms with Crippen molar-refractivity contribution in [2.45, 2.75) is 13.8 Å². The zero-order chi connectivity index (χ0) is 12.5. The molecule has 2 N–H and O–H groups in total. The van der Waals surface area contributed by atoms with Gasteiger partial charge >= 0.3 is 5.97 Å². The Kier molecular flexibility index (Phi) is 3.07. The number of rotatable bonds is 3. The number of carbonyl (C=O) groups excluding carboxylic acids is 2. The minimum atomic E-state index is -1.20. The number of hydrogen-bond acceptors (Lipinski definition) is 4. The van der Waals surface area contributed by atoms with Crippen LogP contribution < -0.4 is 5.32 Å². The molecule has 0 atom stereocenters.